The van der Waals surface area contributed by atoms with E-state index in [1.807, 2.05) is 19.1 Å². The third-order valence-electron chi connectivity index (χ3n) is 4.98. The minimum atomic E-state index is -1.06. The van der Waals surface area contributed by atoms with E-state index in [0.29, 0.717) is 16.1 Å². The van der Waals surface area contributed by atoms with Crippen molar-refractivity contribution in [2.75, 3.05) is 5.32 Å². The number of nitrogens with one attached hydrogen (secondary N) is 1. The van der Waals surface area contributed by atoms with Gasteiger partial charge >= 0.3 is 0 Å². The largest absolute Gasteiger partial charge is 0.350 e. The molecule has 4 rings (SSSR count). The van der Waals surface area contributed by atoms with Gasteiger partial charge in [0.2, 0.25) is 0 Å². The summed E-state index contributed by atoms with van der Waals surface area (Å²) >= 11 is 6.21. The predicted molar refractivity (Wildman–Crippen MR) is 115 cm³/mol. The number of halogens is 3. The number of benzene rings is 3. The lowest BCUT2D eigenvalue weighted by molar-refractivity contribution is -0.137. The smallest absolute Gasteiger partial charge is 0.278 e. The molecule has 0 spiro atoms. The number of nitrogens with zero attached hydrogens (tertiary/aromatic N) is 1. The van der Waals surface area contributed by atoms with Crippen LogP contribution in [0.25, 0.3) is 5.57 Å². The second-order valence-corrected chi connectivity index (χ2v) is 7.56. The number of amides is 2. The molecule has 0 radical (unpaired) electrons. The molecule has 1 aliphatic heterocycles. The maximum atomic E-state index is 13.7. The average molecular weight is 439 g/mol. The Kier molecular flexibility index (Phi) is 5.57. The molecule has 0 aromatic heterocycles. The summed E-state index contributed by atoms with van der Waals surface area (Å²) < 4.78 is 27.0. The number of imide groups is 1. The highest BCUT2D eigenvalue weighted by atomic mass is 35.5. The Labute approximate surface area is 182 Å². The van der Waals surface area contributed by atoms with E-state index in [0.717, 1.165) is 22.6 Å². The summed E-state index contributed by atoms with van der Waals surface area (Å²) in [6.07, 6.45) is 0. The fraction of sp³-hybridized carbons (Fsp3) is 0.0833. The van der Waals surface area contributed by atoms with Gasteiger partial charge in [-0.3, -0.25) is 14.5 Å². The number of rotatable bonds is 5. The zero-order valence-electron chi connectivity index (χ0n) is 16.5. The Morgan fingerprint density at radius 3 is 2.29 bits per heavy atom. The SMILES string of the molecule is Cc1ccc(C2=C(Nc3ccc(F)c(F)c3)C(=O)N(Cc3ccccc3Cl)C2=O)cc1. The van der Waals surface area contributed by atoms with Crippen LogP contribution in [-0.2, 0) is 16.1 Å². The fourth-order valence-corrected chi connectivity index (χ4v) is 3.53. The second kappa shape index (κ2) is 8.32. The molecule has 2 amide bonds. The molecule has 156 valence electrons. The standard InChI is InChI=1S/C24H17ClF2N2O2/c1-14-6-8-15(9-7-14)21-22(28-17-10-11-19(26)20(27)12-17)24(31)29(23(21)30)13-16-4-2-3-5-18(16)25/h2-12,28H,13H2,1H3. The van der Waals surface area contributed by atoms with Crippen molar-refractivity contribution in [3.63, 3.8) is 0 Å². The minimum absolute atomic E-state index is 0.00749. The Morgan fingerprint density at radius 1 is 0.903 bits per heavy atom. The highest BCUT2D eigenvalue weighted by Gasteiger charge is 2.39. The molecular formula is C24H17ClF2N2O2. The van der Waals surface area contributed by atoms with E-state index in [1.54, 1.807) is 36.4 Å². The third-order valence-corrected chi connectivity index (χ3v) is 5.35. The van der Waals surface area contributed by atoms with Crippen LogP contribution in [0, 0.1) is 18.6 Å². The van der Waals surface area contributed by atoms with Gasteiger partial charge in [0.15, 0.2) is 11.6 Å². The first-order chi connectivity index (χ1) is 14.8. The van der Waals surface area contributed by atoms with Crippen molar-refractivity contribution in [3.8, 4) is 0 Å². The summed E-state index contributed by atoms with van der Waals surface area (Å²) in [7, 11) is 0. The number of hydrogen-bond donors (Lipinski definition) is 1. The Balaban J connectivity index is 1.76. The lowest BCUT2D eigenvalue weighted by atomic mass is 10.0. The zero-order chi connectivity index (χ0) is 22.1. The minimum Gasteiger partial charge on any atom is -0.350 e. The summed E-state index contributed by atoms with van der Waals surface area (Å²) in [4.78, 5) is 27.6. The van der Waals surface area contributed by atoms with Gasteiger partial charge < -0.3 is 5.32 Å². The predicted octanol–water partition coefficient (Wildman–Crippen LogP) is 5.32. The summed E-state index contributed by atoms with van der Waals surface area (Å²) in [5.41, 5.74) is 2.44. The van der Waals surface area contributed by atoms with Crippen LogP contribution < -0.4 is 5.32 Å². The molecule has 7 heteroatoms. The number of hydrogen-bond acceptors (Lipinski definition) is 3. The van der Waals surface area contributed by atoms with Crippen molar-refractivity contribution in [1.82, 2.24) is 4.90 Å². The van der Waals surface area contributed by atoms with Crippen molar-refractivity contribution >= 4 is 34.7 Å². The van der Waals surface area contributed by atoms with E-state index in [1.165, 1.54) is 6.07 Å². The normalized spacial score (nSPS) is 13.9. The van der Waals surface area contributed by atoms with E-state index in [2.05, 4.69) is 5.32 Å². The van der Waals surface area contributed by atoms with Gasteiger partial charge in [-0.05, 0) is 36.2 Å². The first-order valence-corrected chi connectivity index (χ1v) is 9.86. The Hall–Kier alpha value is -3.51. The molecule has 0 aliphatic carbocycles. The van der Waals surface area contributed by atoms with Crippen LogP contribution >= 0.6 is 11.6 Å². The number of aryl methyl sites for hydroxylation is 1. The maximum absolute atomic E-state index is 13.7. The van der Waals surface area contributed by atoms with E-state index in [-0.39, 0.29) is 23.5 Å². The van der Waals surface area contributed by atoms with Crippen molar-refractivity contribution in [2.24, 2.45) is 0 Å². The van der Waals surface area contributed by atoms with E-state index in [4.69, 9.17) is 11.6 Å². The molecule has 31 heavy (non-hydrogen) atoms. The summed E-state index contributed by atoms with van der Waals surface area (Å²) in [5, 5.41) is 3.24. The summed E-state index contributed by atoms with van der Waals surface area (Å²) in [6.45, 7) is 1.89. The molecule has 1 N–H and O–H groups in total. The van der Waals surface area contributed by atoms with Crippen LogP contribution in [0.2, 0.25) is 5.02 Å². The van der Waals surface area contributed by atoms with Crippen LogP contribution in [0.5, 0.6) is 0 Å². The molecule has 0 saturated carbocycles. The molecule has 0 bridgehead atoms. The molecular weight excluding hydrogens is 422 g/mol. The second-order valence-electron chi connectivity index (χ2n) is 7.16. The summed E-state index contributed by atoms with van der Waals surface area (Å²) in [6, 6.07) is 17.2. The number of carbonyl (C=O) groups is 2. The topological polar surface area (TPSA) is 49.4 Å². The van der Waals surface area contributed by atoms with E-state index in [9.17, 15) is 18.4 Å². The van der Waals surface area contributed by atoms with Gasteiger partial charge in [0, 0.05) is 16.8 Å². The van der Waals surface area contributed by atoms with Gasteiger partial charge in [-0.15, -0.1) is 0 Å². The Bertz CT molecular complexity index is 1220. The molecule has 0 unspecified atom stereocenters. The molecule has 0 fully saturated rings. The lowest BCUT2D eigenvalue weighted by Gasteiger charge is -2.16. The van der Waals surface area contributed by atoms with Crippen LogP contribution in [-0.4, -0.2) is 16.7 Å². The van der Waals surface area contributed by atoms with Crippen LogP contribution in [0.15, 0.2) is 72.4 Å². The van der Waals surface area contributed by atoms with Crippen LogP contribution in [0.4, 0.5) is 14.5 Å². The highest BCUT2D eigenvalue weighted by Crippen LogP contribution is 2.32. The van der Waals surface area contributed by atoms with Crippen molar-refractivity contribution in [3.05, 3.63) is 106 Å². The lowest BCUT2D eigenvalue weighted by Crippen LogP contribution is -2.32. The monoisotopic (exact) mass is 438 g/mol. The van der Waals surface area contributed by atoms with Gasteiger partial charge in [0.1, 0.15) is 5.70 Å². The molecule has 4 nitrogen and oxygen atoms in total. The molecule has 0 atom stereocenters. The van der Waals surface area contributed by atoms with Gasteiger partial charge in [0.25, 0.3) is 11.8 Å². The number of anilines is 1. The van der Waals surface area contributed by atoms with Gasteiger partial charge in [-0.2, -0.15) is 0 Å². The first kappa shape index (κ1) is 20.8. The van der Waals surface area contributed by atoms with Gasteiger partial charge in [0.05, 0.1) is 12.1 Å². The van der Waals surface area contributed by atoms with E-state index < -0.39 is 23.4 Å². The Morgan fingerprint density at radius 2 is 1.61 bits per heavy atom. The number of carbonyl (C=O) groups excluding carboxylic acids is 2. The average Bonchev–Trinajstić information content (AvgIpc) is 2.97. The highest BCUT2D eigenvalue weighted by molar-refractivity contribution is 6.36. The molecule has 3 aromatic rings. The molecule has 1 aliphatic rings. The van der Waals surface area contributed by atoms with Crippen molar-refractivity contribution in [2.45, 2.75) is 13.5 Å². The summed E-state index contributed by atoms with van der Waals surface area (Å²) in [5.74, 6) is -3.15. The quantitative estimate of drug-likeness (QED) is 0.548. The molecule has 1 heterocycles. The van der Waals surface area contributed by atoms with Crippen LogP contribution in [0.3, 0.4) is 0 Å². The first-order valence-electron chi connectivity index (χ1n) is 9.48. The van der Waals surface area contributed by atoms with Crippen LogP contribution in [0.1, 0.15) is 16.7 Å². The van der Waals surface area contributed by atoms with Crippen molar-refractivity contribution in [1.29, 1.82) is 0 Å². The maximum Gasteiger partial charge on any atom is 0.278 e. The van der Waals surface area contributed by atoms with E-state index >= 15 is 0 Å². The van der Waals surface area contributed by atoms with Gasteiger partial charge in [-0.1, -0.05) is 59.6 Å². The fourth-order valence-electron chi connectivity index (χ4n) is 3.34. The van der Waals surface area contributed by atoms with Gasteiger partial charge in [-0.25, -0.2) is 8.78 Å². The molecule has 3 aromatic carbocycles. The molecule has 0 saturated heterocycles. The van der Waals surface area contributed by atoms with Crippen molar-refractivity contribution < 1.29 is 18.4 Å². The zero-order valence-corrected chi connectivity index (χ0v) is 17.2. The third kappa shape index (κ3) is 4.07.